The highest BCUT2D eigenvalue weighted by Crippen LogP contribution is 1.78. The van der Waals surface area contributed by atoms with Crippen molar-refractivity contribution < 1.29 is 4.79 Å². The van der Waals surface area contributed by atoms with Gasteiger partial charge in [0, 0.05) is 0 Å². The van der Waals surface area contributed by atoms with Crippen molar-refractivity contribution in [3.8, 4) is 0 Å². The molecule has 1 nitrogen and oxygen atoms in total. The van der Waals surface area contributed by atoms with E-state index in [1.165, 1.54) is 13.0 Å². The first-order valence-electron chi connectivity index (χ1n) is 2.73. The van der Waals surface area contributed by atoms with Gasteiger partial charge in [-0.15, -0.1) is 0 Å². The van der Waals surface area contributed by atoms with E-state index in [1.807, 2.05) is 0 Å². The Morgan fingerprint density at radius 3 is 2.44 bits per heavy atom. The summed E-state index contributed by atoms with van der Waals surface area (Å²) in [7, 11) is 0. The van der Waals surface area contributed by atoms with Gasteiger partial charge >= 0.3 is 0 Å². The molecule has 0 amide bonds. The number of carbonyl (C=O) groups is 1. The summed E-state index contributed by atoms with van der Waals surface area (Å²) in [5, 5.41) is 0. The van der Waals surface area contributed by atoms with Gasteiger partial charge in [0.05, 0.1) is 0 Å². The van der Waals surface area contributed by atoms with Gasteiger partial charge in [-0.1, -0.05) is 30.9 Å². The number of hydrogen-bond acceptors (Lipinski definition) is 1. The van der Waals surface area contributed by atoms with Crippen LogP contribution >= 0.6 is 0 Å². The maximum atomic E-state index is 10.3. The third-order valence-corrected chi connectivity index (χ3v) is 0.689. The molecule has 0 unspecified atom stereocenters. The molecule has 0 aliphatic rings. The van der Waals surface area contributed by atoms with Gasteiger partial charge < -0.3 is 0 Å². The summed E-state index contributed by atoms with van der Waals surface area (Å²) in [4.78, 5) is 10.3. The van der Waals surface area contributed by atoms with Gasteiger partial charge in [-0.05, 0) is 13.0 Å². The highest BCUT2D eigenvalue weighted by molar-refractivity contribution is 5.87. The van der Waals surface area contributed by atoms with Crippen molar-refractivity contribution in [3.63, 3.8) is 0 Å². The Bertz CT molecular complexity index is 152. The minimum atomic E-state index is 0.0590. The fourth-order valence-corrected chi connectivity index (χ4v) is 0.334. The summed E-state index contributed by atoms with van der Waals surface area (Å²) >= 11 is 0. The third-order valence-electron chi connectivity index (χ3n) is 0.689. The molecule has 0 heterocycles. The largest absolute Gasteiger partial charge is 0.295 e. The van der Waals surface area contributed by atoms with Gasteiger partial charge in [0.15, 0.2) is 5.78 Å². The molecule has 0 aromatic rings. The second kappa shape index (κ2) is 5.04. The lowest BCUT2D eigenvalue weighted by Crippen LogP contribution is -1.77. The van der Waals surface area contributed by atoms with Gasteiger partial charge in [-0.25, -0.2) is 0 Å². The summed E-state index contributed by atoms with van der Waals surface area (Å²) in [6.07, 6.45) is 8.36. The normalized spacial score (nSPS) is 10.8. The SMILES string of the molecule is C=C/C=C/C=C/C(C)=O. The highest BCUT2D eigenvalue weighted by atomic mass is 16.1. The second-order valence-corrected chi connectivity index (χ2v) is 1.59. The van der Waals surface area contributed by atoms with E-state index in [1.54, 1.807) is 24.3 Å². The fraction of sp³-hybridized carbons (Fsp3) is 0.125. The van der Waals surface area contributed by atoms with Gasteiger partial charge in [0.25, 0.3) is 0 Å². The van der Waals surface area contributed by atoms with Crippen LogP contribution in [0.25, 0.3) is 0 Å². The van der Waals surface area contributed by atoms with Crippen molar-refractivity contribution in [2.45, 2.75) is 6.92 Å². The molecular formula is C8H10O. The molecule has 0 saturated carbocycles. The van der Waals surface area contributed by atoms with E-state index < -0.39 is 0 Å². The van der Waals surface area contributed by atoms with Crippen LogP contribution in [0.1, 0.15) is 6.92 Å². The average Bonchev–Trinajstić information content (AvgIpc) is 1.80. The molecule has 0 aromatic heterocycles. The topological polar surface area (TPSA) is 17.1 Å². The van der Waals surface area contributed by atoms with E-state index in [0.29, 0.717) is 0 Å². The molecule has 0 bridgehead atoms. The van der Waals surface area contributed by atoms with Crippen molar-refractivity contribution in [1.82, 2.24) is 0 Å². The smallest absolute Gasteiger partial charge is 0.152 e. The molecule has 0 atom stereocenters. The summed E-state index contributed by atoms with van der Waals surface area (Å²) < 4.78 is 0. The number of hydrogen-bond donors (Lipinski definition) is 0. The second-order valence-electron chi connectivity index (χ2n) is 1.59. The fourth-order valence-electron chi connectivity index (χ4n) is 0.334. The molecule has 0 radical (unpaired) electrons. The first kappa shape index (κ1) is 7.89. The van der Waals surface area contributed by atoms with Gasteiger partial charge in [-0.3, -0.25) is 4.79 Å². The molecular weight excluding hydrogens is 112 g/mol. The van der Waals surface area contributed by atoms with E-state index in [0.717, 1.165) is 0 Å². The zero-order valence-corrected chi connectivity index (χ0v) is 5.50. The van der Waals surface area contributed by atoms with Crippen LogP contribution in [0.15, 0.2) is 37.0 Å². The Morgan fingerprint density at radius 2 is 2.00 bits per heavy atom. The molecule has 0 aliphatic carbocycles. The number of rotatable bonds is 3. The monoisotopic (exact) mass is 122 g/mol. The minimum absolute atomic E-state index is 0.0590. The molecule has 0 saturated heterocycles. The number of ketones is 1. The van der Waals surface area contributed by atoms with Crippen LogP contribution in [0, 0.1) is 0 Å². The molecule has 0 aliphatic heterocycles. The Hall–Kier alpha value is -1.11. The van der Waals surface area contributed by atoms with Crippen molar-refractivity contribution in [2.24, 2.45) is 0 Å². The van der Waals surface area contributed by atoms with Crippen molar-refractivity contribution >= 4 is 5.78 Å². The quantitative estimate of drug-likeness (QED) is 0.412. The standard InChI is InChI=1S/C8H10O/c1-3-4-5-6-7-8(2)9/h3-7H,1H2,2H3/b5-4+,7-6+. The summed E-state index contributed by atoms with van der Waals surface area (Å²) in [5.41, 5.74) is 0. The highest BCUT2D eigenvalue weighted by Gasteiger charge is 1.75. The molecule has 0 N–H and O–H groups in total. The first-order chi connectivity index (χ1) is 4.27. The van der Waals surface area contributed by atoms with Crippen LogP contribution in [0.2, 0.25) is 0 Å². The lowest BCUT2D eigenvalue weighted by Gasteiger charge is -1.72. The van der Waals surface area contributed by atoms with Gasteiger partial charge in [0.2, 0.25) is 0 Å². The molecule has 1 heteroatoms. The molecule has 0 spiro atoms. The predicted octanol–water partition coefficient (Wildman–Crippen LogP) is 1.87. The van der Waals surface area contributed by atoms with E-state index >= 15 is 0 Å². The summed E-state index contributed by atoms with van der Waals surface area (Å²) in [6.45, 7) is 4.98. The lowest BCUT2D eigenvalue weighted by atomic mass is 10.3. The molecule has 0 aromatic carbocycles. The van der Waals surface area contributed by atoms with E-state index in [2.05, 4.69) is 6.58 Å². The van der Waals surface area contributed by atoms with Crippen molar-refractivity contribution in [1.29, 1.82) is 0 Å². The zero-order valence-electron chi connectivity index (χ0n) is 5.50. The van der Waals surface area contributed by atoms with Crippen LogP contribution in [0.3, 0.4) is 0 Å². The van der Waals surface area contributed by atoms with Crippen LogP contribution in [-0.2, 0) is 4.79 Å². The molecule has 48 valence electrons. The predicted molar refractivity (Wildman–Crippen MR) is 39.2 cm³/mol. The first-order valence-corrected chi connectivity index (χ1v) is 2.73. The van der Waals surface area contributed by atoms with E-state index in [-0.39, 0.29) is 5.78 Å². The Balaban J connectivity index is 3.59. The molecule has 9 heavy (non-hydrogen) atoms. The third kappa shape index (κ3) is 6.89. The minimum Gasteiger partial charge on any atom is -0.295 e. The summed E-state index contributed by atoms with van der Waals surface area (Å²) in [5.74, 6) is 0.0590. The molecule has 0 rings (SSSR count). The van der Waals surface area contributed by atoms with E-state index in [4.69, 9.17) is 0 Å². The van der Waals surface area contributed by atoms with Gasteiger partial charge in [-0.2, -0.15) is 0 Å². The zero-order chi connectivity index (χ0) is 7.11. The maximum Gasteiger partial charge on any atom is 0.152 e. The van der Waals surface area contributed by atoms with Gasteiger partial charge in [0.1, 0.15) is 0 Å². The maximum absolute atomic E-state index is 10.3. The van der Waals surface area contributed by atoms with Crippen LogP contribution in [0.5, 0.6) is 0 Å². The number of carbonyl (C=O) groups excluding carboxylic acids is 1. The average molecular weight is 122 g/mol. The Labute approximate surface area is 55.4 Å². The van der Waals surface area contributed by atoms with Crippen molar-refractivity contribution in [2.75, 3.05) is 0 Å². The van der Waals surface area contributed by atoms with Crippen LogP contribution in [-0.4, -0.2) is 5.78 Å². The Kier molecular flexibility index (Phi) is 4.41. The van der Waals surface area contributed by atoms with Crippen LogP contribution in [0.4, 0.5) is 0 Å². The lowest BCUT2D eigenvalue weighted by molar-refractivity contribution is -0.112. The van der Waals surface area contributed by atoms with Crippen LogP contribution < -0.4 is 0 Å². The number of allylic oxidation sites excluding steroid dienone is 5. The van der Waals surface area contributed by atoms with Crippen molar-refractivity contribution in [3.05, 3.63) is 37.0 Å². The summed E-state index contributed by atoms with van der Waals surface area (Å²) in [6, 6.07) is 0. The Morgan fingerprint density at radius 1 is 1.33 bits per heavy atom. The van der Waals surface area contributed by atoms with E-state index in [9.17, 15) is 4.79 Å². The molecule has 0 fully saturated rings.